The van der Waals surface area contributed by atoms with Gasteiger partial charge in [-0.15, -0.1) is 0 Å². The molecule has 0 aliphatic heterocycles. The fraction of sp³-hybridized carbons (Fsp3) is 0.500. The van der Waals surface area contributed by atoms with Crippen LogP contribution in [0.5, 0.6) is 11.5 Å². The van der Waals surface area contributed by atoms with Crippen LogP contribution in [0.2, 0.25) is 5.02 Å². The first-order valence-corrected chi connectivity index (χ1v) is 6.74. The molecule has 0 heterocycles. The molecule has 1 aliphatic carbocycles. The van der Waals surface area contributed by atoms with E-state index in [1.807, 2.05) is 0 Å². The highest BCUT2D eigenvalue weighted by atomic mass is 35.5. The van der Waals surface area contributed by atoms with Crippen LogP contribution in [0.4, 0.5) is 0 Å². The predicted octanol–water partition coefficient (Wildman–Crippen LogP) is 2.49. The van der Waals surface area contributed by atoms with Crippen LogP contribution in [-0.4, -0.2) is 31.4 Å². The van der Waals surface area contributed by atoms with Crippen LogP contribution in [0.3, 0.4) is 0 Å². The number of rotatable bonds is 5. The van der Waals surface area contributed by atoms with Crippen molar-refractivity contribution in [2.24, 2.45) is 0 Å². The Bertz CT molecular complexity index is 499. The lowest BCUT2D eigenvalue weighted by Gasteiger charge is -2.27. The highest BCUT2D eigenvalue weighted by molar-refractivity contribution is 6.31. The summed E-state index contributed by atoms with van der Waals surface area (Å²) in [5.41, 5.74) is 0.244. The summed E-state index contributed by atoms with van der Waals surface area (Å²) in [5.74, 6) is 0.175. The van der Waals surface area contributed by atoms with Crippen LogP contribution in [0, 0.1) is 0 Å². The Labute approximate surface area is 122 Å². The van der Waals surface area contributed by atoms with Crippen LogP contribution in [0.25, 0.3) is 0 Å². The Balaban J connectivity index is 2.31. The third-order valence-corrected chi connectivity index (χ3v) is 3.68. The van der Waals surface area contributed by atoms with E-state index in [0.29, 0.717) is 11.5 Å². The van der Waals surface area contributed by atoms with Gasteiger partial charge in [0.05, 0.1) is 25.3 Å². The molecule has 1 aromatic rings. The van der Waals surface area contributed by atoms with Gasteiger partial charge in [0, 0.05) is 11.6 Å². The lowest BCUT2D eigenvalue weighted by molar-refractivity contribution is -0.150. The average Bonchev–Trinajstić information content (AvgIpc) is 2.41. The molecule has 6 heteroatoms. The second kappa shape index (κ2) is 6.33. The smallest absolute Gasteiger partial charge is 0.339 e. The van der Waals surface area contributed by atoms with Gasteiger partial charge in [0.2, 0.25) is 0 Å². The molecule has 5 nitrogen and oxygen atoms in total. The van der Waals surface area contributed by atoms with Gasteiger partial charge in [0.25, 0.3) is 0 Å². The van der Waals surface area contributed by atoms with Crippen molar-refractivity contribution in [3.63, 3.8) is 0 Å². The Kier molecular flexibility index (Phi) is 4.73. The van der Waals surface area contributed by atoms with E-state index >= 15 is 0 Å². The molecule has 0 radical (unpaired) electrons. The molecule has 0 amide bonds. The summed E-state index contributed by atoms with van der Waals surface area (Å²) in [5, 5.41) is 10.1. The SMILES string of the molecule is COC(=O)C(O)c1cc(OC2CCC2)c(OC)cc1Cl. The fourth-order valence-electron chi connectivity index (χ4n) is 1.92. The molecule has 110 valence electrons. The van der Waals surface area contributed by atoms with E-state index in [9.17, 15) is 9.90 Å². The van der Waals surface area contributed by atoms with Gasteiger partial charge >= 0.3 is 5.97 Å². The van der Waals surface area contributed by atoms with Gasteiger partial charge in [0.1, 0.15) is 0 Å². The van der Waals surface area contributed by atoms with Crippen molar-refractivity contribution in [3.8, 4) is 11.5 Å². The molecule has 0 spiro atoms. The van der Waals surface area contributed by atoms with E-state index in [-0.39, 0.29) is 16.7 Å². The maximum absolute atomic E-state index is 11.4. The number of carbonyl (C=O) groups is 1. The van der Waals surface area contributed by atoms with Crippen LogP contribution >= 0.6 is 11.6 Å². The number of hydrogen-bond donors (Lipinski definition) is 1. The van der Waals surface area contributed by atoms with Crippen molar-refractivity contribution in [2.45, 2.75) is 31.5 Å². The van der Waals surface area contributed by atoms with Crippen molar-refractivity contribution in [2.75, 3.05) is 14.2 Å². The Morgan fingerprint density at radius 1 is 1.35 bits per heavy atom. The van der Waals surface area contributed by atoms with Crippen molar-refractivity contribution in [1.82, 2.24) is 0 Å². The summed E-state index contributed by atoms with van der Waals surface area (Å²) in [7, 11) is 2.71. The van der Waals surface area contributed by atoms with Crippen molar-refractivity contribution >= 4 is 17.6 Å². The van der Waals surface area contributed by atoms with Crippen molar-refractivity contribution in [1.29, 1.82) is 0 Å². The molecule has 1 atom stereocenters. The highest BCUT2D eigenvalue weighted by Gasteiger charge is 2.26. The first-order valence-electron chi connectivity index (χ1n) is 6.36. The normalized spacial score (nSPS) is 16.2. The van der Waals surface area contributed by atoms with Crippen molar-refractivity contribution in [3.05, 3.63) is 22.7 Å². The first-order chi connectivity index (χ1) is 9.56. The monoisotopic (exact) mass is 300 g/mol. The average molecular weight is 301 g/mol. The molecular weight excluding hydrogens is 284 g/mol. The van der Waals surface area contributed by atoms with E-state index in [0.717, 1.165) is 19.3 Å². The van der Waals surface area contributed by atoms with E-state index < -0.39 is 12.1 Å². The zero-order chi connectivity index (χ0) is 14.7. The molecule has 2 rings (SSSR count). The number of ether oxygens (including phenoxy) is 3. The number of aliphatic hydroxyl groups excluding tert-OH is 1. The summed E-state index contributed by atoms with van der Waals surface area (Å²) in [4.78, 5) is 11.4. The second-order valence-electron chi connectivity index (χ2n) is 4.62. The molecule has 1 aliphatic rings. The zero-order valence-corrected chi connectivity index (χ0v) is 12.1. The van der Waals surface area contributed by atoms with E-state index in [1.165, 1.54) is 26.4 Å². The number of carbonyl (C=O) groups excluding carboxylic acids is 1. The van der Waals surface area contributed by atoms with Gasteiger partial charge in [-0.05, 0) is 25.3 Å². The molecule has 1 saturated carbocycles. The molecular formula is C14H17ClO5. The standard InChI is InChI=1S/C14H17ClO5/c1-18-11-7-10(15)9(13(16)14(17)19-2)6-12(11)20-8-4-3-5-8/h6-8,13,16H,3-5H2,1-2H3. The van der Waals surface area contributed by atoms with Gasteiger partial charge in [-0.2, -0.15) is 0 Å². The summed E-state index contributed by atoms with van der Waals surface area (Å²) < 4.78 is 15.5. The number of aliphatic hydroxyl groups is 1. The van der Waals surface area contributed by atoms with Gasteiger partial charge in [-0.3, -0.25) is 0 Å². The van der Waals surface area contributed by atoms with E-state index in [4.69, 9.17) is 21.1 Å². The zero-order valence-electron chi connectivity index (χ0n) is 11.4. The molecule has 1 aromatic carbocycles. The molecule has 1 unspecified atom stereocenters. The third kappa shape index (κ3) is 2.99. The van der Waals surface area contributed by atoms with Gasteiger partial charge in [0.15, 0.2) is 17.6 Å². The minimum absolute atomic E-state index is 0.146. The summed E-state index contributed by atoms with van der Waals surface area (Å²) in [6.45, 7) is 0. The maximum atomic E-state index is 11.4. The third-order valence-electron chi connectivity index (χ3n) is 3.35. The largest absolute Gasteiger partial charge is 0.493 e. The highest BCUT2D eigenvalue weighted by Crippen LogP contribution is 2.38. The molecule has 1 N–H and O–H groups in total. The van der Waals surface area contributed by atoms with Gasteiger partial charge in [-0.25, -0.2) is 4.79 Å². The number of hydrogen-bond acceptors (Lipinski definition) is 5. The van der Waals surface area contributed by atoms with Gasteiger partial charge < -0.3 is 19.3 Å². The minimum Gasteiger partial charge on any atom is -0.493 e. The maximum Gasteiger partial charge on any atom is 0.339 e. The topological polar surface area (TPSA) is 65.0 Å². The first kappa shape index (κ1) is 14.9. The van der Waals surface area contributed by atoms with E-state index in [1.54, 1.807) is 0 Å². The lowest BCUT2D eigenvalue weighted by atomic mass is 9.96. The quantitative estimate of drug-likeness (QED) is 0.846. The molecule has 20 heavy (non-hydrogen) atoms. The Hall–Kier alpha value is -1.46. The molecule has 0 aromatic heterocycles. The van der Waals surface area contributed by atoms with Crippen LogP contribution in [-0.2, 0) is 9.53 Å². The van der Waals surface area contributed by atoms with E-state index in [2.05, 4.69) is 4.74 Å². The summed E-state index contributed by atoms with van der Waals surface area (Å²) >= 11 is 6.06. The Morgan fingerprint density at radius 3 is 2.55 bits per heavy atom. The van der Waals surface area contributed by atoms with Crippen LogP contribution in [0.15, 0.2) is 12.1 Å². The molecule has 0 saturated heterocycles. The lowest BCUT2D eigenvalue weighted by Crippen LogP contribution is -2.25. The molecule has 1 fully saturated rings. The minimum atomic E-state index is -1.44. The number of halogens is 1. The summed E-state index contributed by atoms with van der Waals surface area (Å²) in [6, 6.07) is 3.05. The fourth-order valence-corrected chi connectivity index (χ4v) is 2.18. The summed E-state index contributed by atoms with van der Waals surface area (Å²) in [6.07, 6.45) is 1.81. The van der Waals surface area contributed by atoms with Gasteiger partial charge in [-0.1, -0.05) is 11.6 Å². The number of esters is 1. The molecule has 0 bridgehead atoms. The van der Waals surface area contributed by atoms with Crippen LogP contribution < -0.4 is 9.47 Å². The predicted molar refractivity (Wildman–Crippen MR) is 73.2 cm³/mol. The second-order valence-corrected chi connectivity index (χ2v) is 5.03. The van der Waals surface area contributed by atoms with Crippen LogP contribution in [0.1, 0.15) is 30.9 Å². The Morgan fingerprint density at radius 2 is 2.05 bits per heavy atom. The van der Waals surface area contributed by atoms with Crippen molar-refractivity contribution < 1.29 is 24.1 Å². The number of benzene rings is 1. The number of methoxy groups -OCH3 is 2.